The quantitative estimate of drug-likeness (QED) is 0.367. The van der Waals surface area contributed by atoms with Crippen molar-refractivity contribution in [2.75, 3.05) is 13.6 Å². The van der Waals surface area contributed by atoms with Gasteiger partial charge >= 0.3 is 0 Å². The second-order valence-electron chi connectivity index (χ2n) is 3.70. The summed E-state index contributed by atoms with van der Waals surface area (Å²) in [5.74, 6) is 0.182. The monoisotopic (exact) mass is 241 g/mol. The smallest absolute Gasteiger partial charge is 0.153 e. The molecule has 0 fully saturated rings. The topological polar surface area (TPSA) is 61.8 Å². The van der Waals surface area contributed by atoms with Gasteiger partial charge in [0.15, 0.2) is 5.84 Å². The number of benzene rings is 1. The van der Waals surface area contributed by atoms with Crippen LogP contribution in [0.15, 0.2) is 29.4 Å². The third kappa shape index (κ3) is 3.12. The van der Waals surface area contributed by atoms with Crippen LogP contribution in [0.4, 0.5) is 0 Å². The number of halogens is 1. The highest BCUT2D eigenvalue weighted by atomic mass is 35.5. The van der Waals surface area contributed by atoms with Crippen LogP contribution < -0.4 is 5.73 Å². The highest BCUT2D eigenvalue weighted by Gasteiger charge is 2.15. The van der Waals surface area contributed by atoms with Crippen molar-refractivity contribution in [1.82, 2.24) is 4.90 Å². The van der Waals surface area contributed by atoms with Crippen molar-refractivity contribution in [3.05, 3.63) is 34.9 Å². The van der Waals surface area contributed by atoms with Crippen LogP contribution in [0.1, 0.15) is 18.5 Å². The molecule has 0 aromatic heterocycles. The molecule has 0 spiro atoms. The van der Waals surface area contributed by atoms with Crippen LogP contribution in [0, 0.1) is 0 Å². The minimum absolute atomic E-state index is 0.106. The maximum absolute atomic E-state index is 8.50. The molecule has 1 unspecified atom stereocenters. The largest absolute Gasteiger partial charge is 0.409 e. The minimum Gasteiger partial charge on any atom is -0.409 e. The lowest BCUT2D eigenvalue weighted by atomic mass is 10.1. The summed E-state index contributed by atoms with van der Waals surface area (Å²) in [7, 11) is 1.89. The number of amidine groups is 1. The number of oxime groups is 1. The lowest BCUT2D eigenvalue weighted by Crippen LogP contribution is -2.33. The van der Waals surface area contributed by atoms with Gasteiger partial charge in [-0.2, -0.15) is 0 Å². The molecule has 0 bridgehead atoms. The molecule has 88 valence electrons. The summed E-state index contributed by atoms with van der Waals surface area (Å²) in [4.78, 5) is 1.95. The first-order chi connectivity index (χ1) is 7.56. The molecular weight excluding hydrogens is 226 g/mol. The van der Waals surface area contributed by atoms with Crippen molar-refractivity contribution >= 4 is 17.4 Å². The predicted molar refractivity (Wildman–Crippen MR) is 65.9 cm³/mol. The first kappa shape index (κ1) is 12.8. The van der Waals surface area contributed by atoms with Gasteiger partial charge in [-0.25, -0.2) is 0 Å². The van der Waals surface area contributed by atoms with Crippen LogP contribution in [0.25, 0.3) is 0 Å². The summed E-state index contributed by atoms with van der Waals surface area (Å²) in [6, 6.07) is 7.76. The van der Waals surface area contributed by atoms with E-state index in [1.165, 1.54) is 0 Å². The van der Waals surface area contributed by atoms with E-state index in [0.29, 0.717) is 6.54 Å². The van der Waals surface area contributed by atoms with Crippen molar-refractivity contribution in [1.29, 1.82) is 0 Å². The van der Waals surface area contributed by atoms with Crippen molar-refractivity contribution < 1.29 is 5.21 Å². The molecule has 4 nitrogen and oxygen atoms in total. The van der Waals surface area contributed by atoms with E-state index in [0.717, 1.165) is 10.6 Å². The Morgan fingerprint density at radius 3 is 2.75 bits per heavy atom. The average Bonchev–Trinajstić information content (AvgIpc) is 2.28. The molecule has 0 radical (unpaired) electrons. The third-order valence-corrected chi connectivity index (χ3v) is 2.90. The Bertz CT molecular complexity index is 381. The zero-order chi connectivity index (χ0) is 12.1. The molecule has 3 N–H and O–H groups in total. The fourth-order valence-corrected chi connectivity index (χ4v) is 1.77. The summed E-state index contributed by atoms with van der Waals surface area (Å²) < 4.78 is 0. The molecule has 1 aromatic carbocycles. The second-order valence-corrected chi connectivity index (χ2v) is 4.11. The molecule has 0 amide bonds. The number of hydrogen-bond donors (Lipinski definition) is 2. The number of nitrogens with zero attached hydrogens (tertiary/aromatic N) is 2. The van der Waals surface area contributed by atoms with E-state index < -0.39 is 0 Å². The van der Waals surface area contributed by atoms with E-state index in [2.05, 4.69) is 5.16 Å². The Morgan fingerprint density at radius 1 is 1.56 bits per heavy atom. The van der Waals surface area contributed by atoms with E-state index >= 15 is 0 Å². The Hall–Kier alpha value is -1.26. The maximum atomic E-state index is 8.50. The highest BCUT2D eigenvalue weighted by Crippen LogP contribution is 2.25. The van der Waals surface area contributed by atoms with Gasteiger partial charge in [0.1, 0.15) is 0 Å². The third-order valence-electron chi connectivity index (χ3n) is 2.56. The molecule has 0 aliphatic rings. The van der Waals surface area contributed by atoms with Crippen LogP contribution in [0.3, 0.4) is 0 Å². The van der Waals surface area contributed by atoms with Gasteiger partial charge in [0, 0.05) is 11.1 Å². The molecule has 16 heavy (non-hydrogen) atoms. The van der Waals surface area contributed by atoms with Gasteiger partial charge in [0.2, 0.25) is 0 Å². The molecule has 1 rings (SSSR count). The first-order valence-electron chi connectivity index (χ1n) is 4.97. The molecular formula is C11H16ClN3O. The Kier molecular flexibility index (Phi) is 4.58. The van der Waals surface area contributed by atoms with Gasteiger partial charge in [-0.05, 0) is 25.6 Å². The average molecular weight is 242 g/mol. The predicted octanol–water partition coefficient (Wildman–Crippen LogP) is 2.08. The van der Waals surface area contributed by atoms with Gasteiger partial charge in [-0.15, -0.1) is 0 Å². The maximum Gasteiger partial charge on any atom is 0.153 e. The SMILES string of the molecule is CC(c1ccccc1Cl)N(C)CC(N)=NO. The van der Waals surface area contributed by atoms with Gasteiger partial charge in [-0.3, -0.25) is 4.90 Å². The van der Waals surface area contributed by atoms with Gasteiger partial charge in [-0.1, -0.05) is 35.0 Å². The van der Waals surface area contributed by atoms with Crippen LogP contribution in [0.5, 0.6) is 0 Å². The number of rotatable bonds is 4. The number of nitrogens with two attached hydrogens (primary N) is 1. The van der Waals surface area contributed by atoms with Crippen LogP contribution in [0.2, 0.25) is 5.02 Å². The van der Waals surface area contributed by atoms with Gasteiger partial charge < -0.3 is 10.9 Å². The van der Waals surface area contributed by atoms with Crippen molar-refractivity contribution in [2.45, 2.75) is 13.0 Å². The lowest BCUT2D eigenvalue weighted by molar-refractivity contribution is 0.282. The molecule has 0 saturated carbocycles. The Labute approximate surface area is 100 Å². The normalized spacial score (nSPS) is 14.1. The first-order valence-corrected chi connectivity index (χ1v) is 5.35. The molecule has 1 atom stereocenters. The van der Waals surface area contributed by atoms with Crippen molar-refractivity contribution in [3.63, 3.8) is 0 Å². The minimum atomic E-state index is 0.106. The summed E-state index contributed by atoms with van der Waals surface area (Å²) in [6.07, 6.45) is 0. The summed E-state index contributed by atoms with van der Waals surface area (Å²) in [6.45, 7) is 2.41. The molecule has 0 saturated heterocycles. The summed E-state index contributed by atoms with van der Waals surface area (Å²) in [5, 5.41) is 12.2. The number of likely N-dealkylation sites (N-methyl/N-ethyl adjacent to an activating group) is 1. The van der Waals surface area contributed by atoms with Crippen LogP contribution >= 0.6 is 11.6 Å². The molecule has 0 heterocycles. The van der Waals surface area contributed by atoms with E-state index in [1.54, 1.807) is 0 Å². The van der Waals surface area contributed by atoms with E-state index in [4.69, 9.17) is 22.5 Å². The summed E-state index contributed by atoms with van der Waals surface area (Å²) in [5.41, 5.74) is 6.48. The van der Waals surface area contributed by atoms with Crippen molar-refractivity contribution in [3.8, 4) is 0 Å². The summed E-state index contributed by atoms with van der Waals surface area (Å²) >= 11 is 6.10. The van der Waals surface area contributed by atoms with Gasteiger partial charge in [0.25, 0.3) is 0 Å². The fourth-order valence-electron chi connectivity index (χ4n) is 1.48. The van der Waals surface area contributed by atoms with Crippen molar-refractivity contribution in [2.24, 2.45) is 10.9 Å². The fraction of sp³-hybridized carbons (Fsp3) is 0.364. The Balaban J connectivity index is 2.78. The van der Waals surface area contributed by atoms with E-state index in [9.17, 15) is 0 Å². The molecule has 0 aliphatic carbocycles. The van der Waals surface area contributed by atoms with E-state index in [1.807, 2.05) is 43.1 Å². The lowest BCUT2D eigenvalue weighted by Gasteiger charge is -2.25. The zero-order valence-electron chi connectivity index (χ0n) is 9.39. The van der Waals surface area contributed by atoms with Crippen LogP contribution in [-0.2, 0) is 0 Å². The number of hydrogen-bond acceptors (Lipinski definition) is 3. The van der Waals surface area contributed by atoms with Crippen LogP contribution in [-0.4, -0.2) is 29.5 Å². The molecule has 0 aliphatic heterocycles. The zero-order valence-corrected chi connectivity index (χ0v) is 10.1. The standard InChI is InChI=1S/C11H16ClN3O/c1-8(15(2)7-11(13)14-16)9-5-3-4-6-10(9)12/h3-6,8,16H,7H2,1-2H3,(H2,13,14). The van der Waals surface area contributed by atoms with E-state index in [-0.39, 0.29) is 11.9 Å². The highest BCUT2D eigenvalue weighted by molar-refractivity contribution is 6.31. The molecule has 5 heteroatoms. The second kappa shape index (κ2) is 5.72. The molecule has 1 aromatic rings. The van der Waals surface area contributed by atoms with Gasteiger partial charge in [0.05, 0.1) is 6.54 Å². The Morgan fingerprint density at radius 2 is 2.19 bits per heavy atom.